The zero-order valence-corrected chi connectivity index (χ0v) is 8.60. The number of hydrogen-bond donors (Lipinski definition) is 0. The molecule has 72 valence electrons. The summed E-state index contributed by atoms with van der Waals surface area (Å²) in [6.07, 6.45) is 7.47. The molecule has 0 saturated heterocycles. The van der Waals surface area contributed by atoms with E-state index in [0.717, 1.165) is 19.3 Å². The maximum absolute atomic E-state index is 11.4. The Morgan fingerprint density at radius 2 is 2.31 bits per heavy atom. The topological polar surface area (TPSA) is 17.1 Å². The van der Waals surface area contributed by atoms with Crippen LogP contribution in [0, 0.1) is 11.3 Å². The molecular formula is C12H18O. The lowest BCUT2D eigenvalue weighted by molar-refractivity contribution is -0.125. The van der Waals surface area contributed by atoms with Crippen LogP contribution in [0.25, 0.3) is 0 Å². The van der Waals surface area contributed by atoms with Crippen LogP contribution in [0.3, 0.4) is 0 Å². The molecule has 0 aliphatic heterocycles. The van der Waals surface area contributed by atoms with E-state index in [4.69, 9.17) is 0 Å². The van der Waals surface area contributed by atoms with Crippen molar-refractivity contribution in [2.45, 2.75) is 46.0 Å². The number of rotatable bonds is 0. The van der Waals surface area contributed by atoms with E-state index in [-0.39, 0.29) is 0 Å². The van der Waals surface area contributed by atoms with Crippen LogP contribution in [-0.2, 0) is 4.79 Å². The predicted octanol–water partition coefficient (Wildman–Crippen LogP) is 3.10. The second kappa shape index (κ2) is 2.97. The lowest BCUT2D eigenvalue weighted by Gasteiger charge is -2.44. The smallest absolute Gasteiger partial charge is 0.133 e. The summed E-state index contributed by atoms with van der Waals surface area (Å²) < 4.78 is 0. The molecule has 2 rings (SSSR count). The van der Waals surface area contributed by atoms with Gasteiger partial charge in [0.1, 0.15) is 5.78 Å². The number of Topliss-reactive ketones (excluding diaryl/α,β-unsaturated/α-hetero) is 1. The van der Waals surface area contributed by atoms with E-state index in [1.807, 2.05) is 0 Å². The number of hydrogen-bond acceptors (Lipinski definition) is 1. The van der Waals surface area contributed by atoms with E-state index in [9.17, 15) is 4.79 Å². The van der Waals surface area contributed by atoms with Crippen LogP contribution in [0.15, 0.2) is 11.6 Å². The van der Waals surface area contributed by atoms with Gasteiger partial charge in [-0.3, -0.25) is 4.79 Å². The van der Waals surface area contributed by atoms with E-state index < -0.39 is 0 Å². The summed E-state index contributed by atoms with van der Waals surface area (Å²) >= 11 is 0. The van der Waals surface area contributed by atoms with E-state index >= 15 is 0 Å². The molecule has 2 atom stereocenters. The summed E-state index contributed by atoms with van der Waals surface area (Å²) in [7, 11) is 0. The third-order valence-electron chi connectivity index (χ3n) is 3.89. The van der Waals surface area contributed by atoms with Gasteiger partial charge >= 0.3 is 0 Å². The second-order valence-corrected chi connectivity index (χ2v) is 4.95. The molecular weight excluding hydrogens is 160 g/mol. The third-order valence-corrected chi connectivity index (χ3v) is 3.89. The van der Waals surface area contributed by atoms with Gasteiger partial charge in [0.2, 0.25) is 0 Å². The SMILES string of the molecule is CC1=CCC[C@]2(C)CC(=O)CC[C@@H]12. The monoisotopic (exact) mass is 178 g/mol. The van der Waals surface area contributed by atoms with Crippen LogP contribution < -0.4 is 0 Å². The minimum Gasteiger partial charge on any atom is -0.300 e. The third kappa shape index (κ3) is 1.45. The molecule has 0 amide bonds. The quantitative estimate of drug-likeness (QED) is 0.521. The maximum Gasteiger partial charge on any atom is 0.133 e. The molecule has 1 nitrogen and oxygen atoms in total. The Kier molecular flexibility index (Phi) is 2.05. The molecule has 0 spiro atoms. The summed E-state index contributed by atoms with van der Waals surface area (Å²) in [6, 6.07) is 0. The van der Waals surface area contributed by atoms with E-state index in [2.05, 4.69) is 19.9 Å². The molecule has 0 N–H and O–H groups in total. The van der Waals surface area contributed by atoms with Gasteiger partial charge in [-0.15, -0.1) is 0 Å². The summed E-state index contributed by atoms with van der Waals surface area (Å²) in [5, 5.41) is 0. The average Bonchev–Trinajstić information content (AvgIpc) is 2.02. The van der Waals surface area contributed by atoms with Gasteiger partial charge in [-0.2, -0.15) is 0 Å². The minimum absolute atomic E-state index is 0.300. The highest BCUT2D eigenvalue weighted by molar-refractivity contribution is 5.80. The van der Waals surface area contributed by atoms with Gasteiger partial charge in [0.15, 0.2) is 0 Å². The van der Waals surface area contributed by atoms with Gasteiger partial charge < -0.3 is 0 Å². The van der Waals surface area contributed by atoms with Crippen molar-refractivity contribution in [2.75, 3.05) is 0 Å². The summed E-state index contributed by atoms with van der Waals surface area (Å²) in [5.41, 5.74) is 1.83. The van der Waals surface area contributed by atoms with Gasteiger partial charge in [-0.25, -0.2) is 0 Å². The first-order valence-electron chi connectivity index (χ1n) is 5.30. The Bertz CT molecular complexity index is 264. The highest BCUT2D eigenvalue weighted by Gasteiger charge is 2.41. The Labute approximate surface area is 80.2 Å². The molecule has 0 aromatic heterocycles. The number of ketones is 1. The number of allylic oxidation sites excluding steroid dienone is 2. The Hall–Kier alpha value is -0.590. The van der Waals surface area contributed by atoms with Gasteiger partial charge in [0.05, 0.1) is 0 Å². The summed E-state index contributed by atoms with van der Waals surface area (Å²) in [4.78, 5) is 11.4. The van der Waals surface area contributed by atoms with Crippen molar-refractivity contribution in [1.82, 2.24) is 0 Å². The van der Waals surface area contributed by atoms with Crippen molar-refractivity contribution in [2.24, 2.45) is 11.3 Å². The van der Waals surface area contributed by atoms with Gasteiger partial charge in [-0.05, 0) is 37.5 Å². The molecule has 2 aliphatic rings. The fraction of sp³-hybridized carbons (Fsp3) is 0.750. The minimum atomic E-state index is 0.300. The van der Waals surface area contributed by atoms with E-state index in [1.165, 1.54) is 18.4 Å². The van der Waals surface area contributed by atoms with Crippen LogP contribution >= 0.6 is 0 Å². The molecule has 0 heterocycles. The van der Waals surface area contributed by atoms with Gasteiger partial charge in [0.25, 0.3) is 0 Å². The fourth-order valence-corrected chi connectivity index (χ4v) is 3.13. The Morgan fingerprint density at radius 3 is 3.08 bits per heavy atom. The highest BCUT2D eigenvalue weighted by atomic mass is 16.1. The van der Waals surface area contributed by atoms with Gasteiger partial charge in [0, 0.05) is 12.8 Å². The molecule has 1 saturated carbocycles. The van der Waals surface area contributed by atoms with Gasteiger partial charge in [-0.1, -0.05) is 18.6 Å². The Balaban J connectivity index is 2.26. The van der Waals surface area contributed by atoms with Crippen LogP contribution in [0.1, 0.15) is 46.0 Å². The zero-order valence-electron chi connectivity index (χ0n) is 8.60. The molecule has 1 heteroatoms. The van der Waals surface area contributed by atoms with Crippen molar-refractivity contribution >= 4 is 5.78 Å². The maximum atomic E-state index is 11.4. The normalized spacial score (nSPS) is 39.7. The molecule has 0 unspecified atom stereocenters. The summed E-state index contributed by atoms with van der Waals surface area (Å²) in [5.74, 6) is 1.17. The lowest BCUT2D eigenvalue weighted by Crippen LogP contribution is -2.37. The van der Waals surface area contributed by atoms with Crippen molar-refractivity contribution < 1.29 is 4.79 Å². The standard InChI is InChI=1S/C12H18O/c1-9-4-3-7-12(2)8-10(13)5-6-11(9)12/h4,11H,3,5-8H2,1-2H3/t11-,12+/m0/s1. The average molecular weight is 178 g/mol. The molecule has 0 aromatic carbocycles. The van der Waals surface area contributed by atoms with E-state index in [1.54, 1.807) is 0 Å². The first kappa shape index (κ1) is 8.98. The number of carbonyl (C=O) groups excluding carboxylic acids is 1. The second-order valence-electron chi connectivity index (χ2n) is 4.95. The van der Waals surface area contributed by atoms with Crippen molar-refractivity contribution in [3.8, 4) is 0 Å². The van der Waals surface area contributed by atoms with Crippen molar-refractivity contribution in [3.05, 3.63) is 11.6 Å². The lowest BCUT2D eigenvalue weighted by atomic mass is 9.60. The van der Waals surface area contributed by atoms with Crippen molar-refractivity contribution in [3.63, 3.8) is 0 Å². The van der Waals surface area contributed by atoms with Crippen molar-refractivity contribution in [1.29, 1.82) is 0 Å². The van der Waals surface area contributed by atoms with Crippen LogP contribution in [-0.4, -0.2) is 5.78 Å². The molecule has 13 heavy (non-hydrogen) atoms. The number of fused-ring (bicyclic) bond motifs is 1. The van der Waals surface area contributed by atoms with Crippen LogP contribution in [0.4, 0.5) is 0 Å². The first-order valence-corrected chi connectivity index (χ1v) is 5.30. The van der Waals surface area contributed by atoms with Crippen LogP contribution in [0.2, 0.25) is 0 Å². The largest absolute Gasteiger partial charge is 0.300 e. The molecule has 0 aromatic rings. The zero-order chi connectivity index (χ0) is 9.47. The summed E-state index contributed by atoms with van der Waals surface area (Å²) in [6.45, 7) is 4.53. The van der Waals surface area contributed by atoms with Crippen LogP contribution in [0.5, 0.6) is 0 Å². The highest BCUT2D eigenvalue weighted by Crippen LogP contribution is 2.49. The predicted molar refractivity (Wildman–Crippen MR) is 53.4 cm³/mol. The Morgan fingerprint density at radius 1 is 1.54 bits per heavy atom. The number of carbonyl (C=O) groups is 1. The van der Waals surface area contributed by atoms with E-state index in [0.29, 0.717) is 17.1 Å². The molecule has 1 fully saturated rings. The molecule has 0 radical (unpaired) electrons. The molecule has 0 bridgehead atoms. The molecule has 2 aliphatic carbocycles. The fourth-order valence-electron chi connectivity index (χ4n) is 3.13. The first-order chi connectivity index (χ1) is 6.12.